The van der Waals surface area contributed by atoms with Crippen molar-refractivity contribution in [3.05, 3.63) is 118 Å². The minimum Gasteiger partial charge on any atom is -0.338 e. The number of aryl methyl sites for hydroxylation is 1. The summed E-state index contributed by atoms with van der Waals surface area (Å²) in [7, 11) is 0. The standard InChI is InChI=1S/C32H29ClN8O/c1-20-23(6-4-9-26(20)39-31-30-28(10-5-13-36-30)37-21(2)38-31)24-7-3-8-25(29(24)33)27-12-11-22(32(42)40-27)18-34-14-16-41-17-15-35-19-41/h3-13,15,17,19,34H,14,16,18H2,1-2H3,(H,40,42)(H,37,38,39). The first-order valence-corrected chi connectivity index (χ1v) is 14.0. The molecule has 6 rings (SSSR count). The molecule has 0 amide bonds. The number of imidazole rings is 1. The fourth-order valence-corrected chi connectivity index (χ4v) is 5.29. The molecule has 0 bridgehead atoms. The van der Waals surface area contributed by atoms with Crippen LogP contribution in [0, 0.1) is 13.8 Å². The summed E-state index contributed by atoms with van der Waals surface area (Å²) in [6.45, 7) is 5.88. The van der Waals surface area contributed by atoms with E-state index in [1.54, 1.807) is 18.7 Å². The van der Waals surface area contributed by atoms with Crippen molar-refractivity contribution < 1.29 is 0 Å². The van der Waals surface area contributed by atoms with E-state index in [0.717, 1.165) is 46.5 Å². The van der Waals surface area contributed by atoms with Crippen molar-refractivity contribution in [3.63, 3.8) is 0 Å². The molecule has 10 heteroatoms. The fraction of sp³-hybridized carbons (Fsp3) is 0.156. The molecule has 9 nitrogen and oxygen atoms in total. The molecule has 4 aromatic heterocycles. The van der Waals surface area contributed by atoms with Crippen LogP contribution in [-0.4, -0.2) is 36.0 Å². The van der Waals surface area contributed by atoms with Crippen LogP contribution < -0.4 is 16.2 Å². The van der Waals surface area contributed by atoms with Crippen LogP contribution >= 0.6 is 11.6 Å². The van der Waals surface area contributed by atoms with Gasteiger partial charge in [0, 0.05) is 66.3 Å². The van der Waals surface area contributed by atoms with Gasteiger partial charge in [-0.05, 0) is 49.2 Å². The highest BCUT2D eigenvalue weighted by Gasteiger charge is 2.16. The fourth-order valence-electron chi connectivity index (χ4n) is 4.96. The molecular formula is C32H29ClN8O. The number of pyridine rings is 2. The largest absolute Gasteiger partial charge is 0.338 e. The highest BCUT2D eigenvalue weighted by molar-refractivity contribution is 6.36. The number of aromatic amines is 1. The maximum absolute atomic E-state index is 12.9. The topological polar surface area (TPSA) is 113 Å². The van der Waals surface area contributed by atoms with Crippen LogP contribution in [0.5, 0.6) is 0 Å². The Morgan fingerprint density at radius 1 is 0.929 bits per heavy atom. The van der Waals surface area contributed by atoms with Gasteiger partial charge in [0.25, 0.3) is 5.56 Å². The second-order valence-electron chi connectivity index (χ2n) is 9.96. The average molecular weight is 577 g/mol. The van der Waals surface area contributed by atoms with Crippen LogP contribution in [0.1, 0.15) is 17.0 Å². The predicted molar refractivity (Wildman–Crippen MR) is 167 cm³/mol. The minimum absolute atomic E-state index is 0.146. The number of H-pyrrole nitrogens is 1. The average Bonchev–Trinajstić information content (AvgIpc) is 3.51. The Morgan fingerprint density at radius 3 is 2.60 bits per heavy atom. The molecule has 0 saturated carbocycles. The van der Waals surface area contributed by atoms with Gasteiger partial charge in [-0.2, -0.15) is 0 Å². The first-order valence-electron chi connectivity index (χ1n) is 13.6. The summed E-state index contributed by atoms with van der Waals surface area (Å²) in [4.78, 5) is 33.6. The lowest BCUT2D eigenvalue weighted by atomic mass is 9.96. The van der Waals surface area contributed by atoms with E-state index in [-0.39, 0.29) is 5.56 Å². The summed E-state index contributed by atoms with van der Waals surface area (Å²) in [5.74, 6) is 1.31. The van der Waals surface area contributed by atoms with E-state index < -0.39 is 0 Å². The Morgan fingerprint density at radius 2 is 1.76 bits per heavy atom. The smallest absolute Gasteiger partial charge is 0.252 e. The van der Waals surface area contributed by atoms with E-state index in [2.05, 4.69) is 35.6 Å². The number of benzene rings is 2. The number of nitrogens with one attached hydrogen (secondary N) is 3. The Labute approximate surface area is 247 Å². The number of aromatic nitrogens is 6. The lowest BCUT2D eigenvalue weighted by molar-refractivity contribution is 0.595. The van der Waals surface area contributed by atoms with Crippen molar-refractivity contribution in [3.8, 4) is 22.4 Å². The molecule has 0 unspecified atom stereocenters. The highest BCUT2D eigenvalue weighted by atomic mass is 35.5. The molecule has 4 heterocycles. The van der Waals surface area contributed by atoms with Crippen molar-refractivity contribution in [2.24, 2.45) is 0 Å². The molecule has 0 spiro atoms. The summed E-state index contributed by atoms with van der Waals surface area (Å²) in [6, 6.07) is 19.4. The lowest BCUT2D eigenvalue weighted by Crippen LogP contribution is -2.24. The van der Waals surface area contributed by atoms with Crippen LogP contribution in [-0.2, 0) is 13.1 Å². The van der Waals surface area contributed by atoms with Gasteiger partial charge in [-0.15, -0.1) is 0 Å². The summed E-state index contributed by atoms with van der Waals surface area (Å²) < 4.78 is 1.99. The van der Waals surface area contributed by atoms with Gasteiger partial charge < -0.3 is 20.2 Å². The Bertz CT molecular complexity index is 1930. The summed E-state index contributed by atoms with van der Waals surface area (Å²) >= 11 is 7.01. The van der Waals surface area contributed by atoms with Crippen molar-refractivity contribution in [2.75, 3.05) is 11.9 Å². The number of rotatable bonds is 9. The first kappa shape index (κ1) is 27.3. The van der Waals surface area contributed by atoms with Crippen LogP contribution in [0.4, 0.5) is 11.5 Å². The minimum atomic E-state index is -0.146. The Kier molecular flexibility index (Phi) is 7.76. The molecular weight excluding hydrogens is 548 g/mol. The molecule has 0 aliphatic carbocycles. The summed E-state index contributed by atoms with van der Waals surface area (Å²) in [5.41, 5.74) is 7.14. The first-order chi connectivity index (χ1) is 20.5. The molecule has 2 aromatic carbocycles. The quantitative estimate of drug-likeness (QED) is 0.180. The van der Waals surface area contributed by atoms with Gasteiger partial charge in [0.1, 0.15) is 11.3 Å². The lowest BCUT2D eigenvalue weighted by Gasteiger charge is -2.16. The van der Waals surface area contributed by atoms with Crippen molar-refractivity contribution in [1.82, 2.24) is 34.8 Å². The molecule has 0 saturated heterocycles. The van der Waals surface area contributed by atoms with E-state index in [9.17, 15) is 4.79 Å². The van der Waals surface area contributed by atoms with E-state index in [1.807, 2.05) is 85.3 Å². The molecule has 0 radical (unpaired) electrons. The number of halogens is 1. The molecule has 0 atom stereocenters. The zero-order valence-corrected chi connectivity index (χ0v) is 24.0. The summed E-state index contributed by atoms with van der Waals surface area (Å²) in [6.07, 6.45) is 7.16. The monoisotopic (exact) mass is 576 g/mol. The number of hydrogen-bond donors (Lipinski definition) is 3. The van der Waals surface area contributed by atoms with Gasteiger partial charge in [0.15, 0.2) is 5.82 Å². The van der Waals surface area contributed by atoms with Crippen molar-refractivity contribution in [2.45, 2.75) is 26.9 Å². The van der Waals surface area contributed by atoms with Crippen LogP contribution in [0.15, 0.2) is 90.4 Å². The molecule has 42 heavy (non-hydrogen) atoms. The molecule has 210 valence electrons. The van der Waals surface area contributed by atoms with E-state index in [1.165, 1.54) is 0 Å². The highest BCUT2D eigenvalue weighted by Crippen LogP contribution is 2.39. The van der Waals surface area contributed by atoms with Gasteiger partial charge in [0.2, 0.25) is 0 Å². The number of anilines is 2. The third kappa shape index (κ3) is 5.65. The van der Waals surface area contributed by atoms with Crippen LogP contribution in [0.3, 0.4) is 0 Å². The normalized spacial score (nSPS) is 11.2. The number of nitrogens with zero attached hydrogens (tertiary/aromatic N) is 5. The van der Waals surface area contributed by atoms with Crippen molar-refractivity contribution >= 4 is 34.1 Å². The molecule has 0 fully saturated rings. The van der Waals surface area contributed by atoms with E-state index in [0.29, 0.717) is 40.0 Å². The molecule has 0 aliphatic heterocycles. The number of fused-ring (bicyclic) bond motifs is 1. The van der Waals surface area contributed by atoms with Gasteiger partial charge in [-0.3, -0.25) is 9.78 Å². The summed E-state index contributed by atoms with van der Waals surface area (Å²) in [5, 5.41) is 7.33. The maximum Gasteiger partial charge on any atom is 0.252 e. The van der Waals surface area contributed by atoms with Crippen LogP contribution in [0.2, 0.25) is 5.02 Å². The van der Waals surface area contributed by atoms with E-state index >= 15 is 0 Å². The second kappa shape index (κ2) is 11.9. The van der Waals surface area contributed by atoms with Crippen molar-refractivity contribution in [1.29, 1.82) is 0 Å². The Balaban J connectivity index is 1.25. The number of hydrogen-bond acceptors (Lipinski definition) is 7. The van der Waals surface area contributed by atoms with Crippen LogP contribution in [0.25, 0.3) is 33.4 Å². The third-order valence-corrected chi connectivity index (χ3v) is 7.55. The molecule has 0 aliphatic rings. The molecule has 6 aromatic rings. The zero-order chi connectivity index (χ0) is 29.1. The second-order valence-corrected chi connectivity index (χ2v) is 10.3. The predicted octanol–water partition coefficient (Wildman–Crippen LogP) is 6.05. The van der Waals surface area contributed by atoms with Gasteiger partial charge >= 0.3 is 0 Å². The zero-order valence-electron chi connectivity index (χ0n) is 23.2. The van der Waals surface area contributed by atoms with E-state index in [4.69, 9.17) is 11.6 Å². The third-order valence-electron chi connectivity index (χ3n) is 7.14. The maximum atomic E-state index is 12.9. The van der Waals surface area contributed by atoms with Gasteiger partial charge in [0.05, 0.1) is 16.9 Å². The van der Waals surface area contributed by atoms with Gasteiger partial charge in [-0.25, -0.2) is 15.0 Å². The SMILES string of the molecule is Cc1nc(Nc2cccc(-c3cccc(-c4ccc(CNCCn5ccnc5)c(=O)[nH]4)c3Cl)c2C)c2ncccc2n1. The molecule has 3 N–H and O–H groups in total. The van der Waals surface area contributed by atoms with Gasteiger partial charge in [-0.1, -0.05) is 48.0 Å². The Hall–Kier alpha value is -4.86.